The molecule has 0 spiro atoms. The molecule has 134 valence electrons. The zero-order valence-corrected chi connectivity index (χ0v) is 15.4. The third kappa shape index (κ3) is 4.18. The number of nitrogens with one attached hydrogen (secondary N) is 1. The van der Waals surface area contributed by atoms with Gasteiger partial charge < -0.3 is 14.8 Å². The minimum absolute atomic E-state index is 0.167. The van der Waals surface area contributed by atoms with Gasteiger partial charge in [-0.05, 0) is 59.9 Å². The molecule has 3 aromatic rings. The van der Waals surface area contributed by atoms with Gasteiger partial charge in [-0.15, -0.1) is 5.10 Å². The highest BCUT2D eigenvalue weighted by molar-refractivity contribution is 7.08. The number of rotatable bonds is 7. The van der Waals surface area contributed by atoms with Crippen molar-refractivity contribution in [3.63, 3.8) is 0 Å². The average Bonchev–Trinajstić information content (AvgIpc) is 3.18. The van der Waals surface area contributed by atoms with Crippen LogP contribution in [-0.4, -0.2) is 36.3 Å². The Morgan fingerprint density at radius 1 is 1.00 bits per heavy atom. The first-order chi connectivity index (χ1) is 12.7. The Morgan fingerprint density at radius 3 is 2.23 bits per heavy atom. The molecule has 2 aromatic carbocycles. The minimum atomic E-state index is -0.167. The second kappa shape index (κ2) is 8.44. The van der Waals surface area contributed by atoms with Gasteiger partial charge in [0.05, 0.1) is 14.2 Å². The number of carbonyl (C=O) groups is 1. The zero-order chi connectivity index (χ0) is 18.4. The first-order valence-electron chi connectivity index (χ1n) is 8.09. The predicted octanol–water partition coefficient (Wildman–Crippen LogP) is 3.19. The molecular weight excluding hydrogens is 350 g/mol. The molecule has 0 bridgehead atoms. The quantitative estimate of drug-likeness (QED) is 0.692. The average molecular weight is 369 g/mol. The molecule has 0 saturated carbocycles. The molecule has 0 saturated heterocycles. The summed E-state index contributed by atoms with van der Waals surface area (Å²) in [4.78, 5) is 13.0. The summed E-state index contributed by atoms with van der Waals surface area (Å²) in [6.45, 7) is 0.533. The van der Waals surface area contributed by atoms with Gasteiger partial charge in [-0.3, -0.25) is 4.79 Å². The van der Waals surface area contributed by atoms with E-state index in [4.69, 9.17) is 9.47 Å². The number of benzene rings is 2. The van der Waals surface area contributed by atoms with Crippen molar-refractivity contribution in [1.82, 2.24) is 14.9 Å². The third-order valence-corrected chi connectivity index (χ3v) is 4.64. The summed E-state index contributed by atoms with van der Waals surface area (Å²) >= 11 is 1.09. The smallest absolute Gasteiger partial charge is 0.265 e. The lowest BCUT2D eigenvalue weighted by Gasteiger charge is -2.06. The van der Waals surface area contributed by atoms with Crippen molar-refractivity contribution in [2.75, 3.05) is 20.8 Å². The van der Waals surface area contributed by atoms with E-state index in [2.05, 4.69) is 14.9 Å². The van der Waals surface area contributed by atoms with Crippen LogP contribution in [0.15, 0.2) is 48.5 Å². The summed E-state index contributed by atoms with van der Waals surface area (Å²) in [5.74, 6) is 1.40. The second-order valence-electron chi connectivity index (χ2n) is 5.53. The Bertz CT molecular complexity index is 860. The molecule has 1 amide bonds. The van der Waals surface area contributed by atoms with E-state index in [1.807, 2.05) is 48.5 Å². The summed E-state index contributed by atoms with van der Waals surface area (Å²) in [6.07, 6.45) is 0.736. The molecule has 1 aromatic heterocycles. The zero-order valence-electron chi connectivity index (χ0n) is 14.6. The number of nitrogens with zero attached hydrogens (tertiary/aromatic N) is 2. The number of amides is 1. The fraction of sp³-hybridized carbons (Fsp3) is 0.211. The van der Waals surface area contributed by atoms with Crippen LogP contribution in [0.4, 0.5) is 0 Å². The number of hydrogen-bond donors (Lipinski definition) is 1. The molecule has 0 aliphatic heterocycles. The van der Waals surface area contributed by atoms with Gasteiger partial charge in [0.25, 0.3) is 5.91 Å². The molecule has 6 nitrogen and oxygen atoms in total. The molecular formula is C19H19N3O3S. The lowest BCUT2D eigenvalue weighted by molar-refractivity contribution is 0.0958. The fourth-order valence-electron chi connectivity index (χ4n) is 2.47. The lowest BCUT2D eigenvalue weighted by Crippen LogP contribution is -2.25. The molecule has 0 radical (unpaired) electrons. The van der Waals surface area contributed by atoms with Crippen LogP contribution in [0, 0.1) is 0 Å². The number of carbonyl (C=O) groups excluding carboxylic acids is 1. The van der Waals surface area contributed by atoms with Crippen LogP contribution in [0.3, 0.4) is 0 Å². The van der Waals surface area contributed by atoms with E-state index in [1.165, 1.54) is 0 Å². The Labute approximate surface area is 155 Å². The van der Waals surface area contributed by atoms with E-state index in [0.717, 1.165) is 40.6 Å². The van der Waals surface area contributed by atoms with E-state index < -0.39 is 0 Å². The maximum atomic E-state index is 12.5. The number of hydrogen-bond acceptors (Lipinski definition) is 6. The number of aromatic nitrogens is 2. The molecule has 3 rings (SSSR count). The molecule has 0 fully saturated rings. The largest absolute Gasteiger partial charge is 0.497 e. The topological polar surface area (TPSA) is 73.3 Å². The Balaban J connectivity index is 1.62. The van der Waals surface area contributed by atoms with E-state index in [1.54, 1.807) is 14.2 Å². The molecule has 0 unspecified atom stereocenters. The van der Waals surface area contributed by atoms with E-state index in [0.29, 0.717) is 17.1 Å². The monoisotopic (exact) mass is 369 g/mol. The van der Waals surface area contributed by atoms with Gasteiger partial charge in [0.1, 0.15) is 22.1 Å². The standard InChI is InChI=1S/C19H19N3O3S/c1-24-15-7-3-13(4-8-15)11-12-20-19(23)18-17(21-22-26-18)14-5-9-16(25-2)10-6-14/h3-10H,11-12H2,1-2H3,(H,20,23). The first kappa shape index (κ1) is 17.9. The highest BCUT2D eigenvalue weighted by Gasteiger charge is 2.17. The molecule has 1 heterocycles. The van der Waals surface area contributed by atoms with Crippen LogP contribution < -0.4 is 14.8 Å². The van der Waals surface area contributed by atoms with Crippen molar-refractivity contribution >= 4 is 17.4 Å². The van der Waals surface area contributed by atoms with Gasteiger partial charge in [0.15, 0.2) is 0 Å². The predicted molar refractivity (Wildman–Crippen MR) is 101 cm³/mol. The maximum absolute atomic E-state index is 12.5. The lowest BCUT2D eigenvalue weighted by atomic mass is 10.1. The van der Waals surface area contributed by atoms with Crippen molar-refractivity contribution in [3.05, 3.63) is 59.0 Å². The van der Waals surface area contributed by atoms with Crippen LogP contribution >= 0.6 is 11.5 Å². The number of methoxy groups -OCH3 is 2. The first-order valence-corrected chi connectivity index (χ1v) is 8.86. The Hall–Kier alpha value is -2.93. The van der Waals surface area contributed by atoms with Gasteiger partial charge in [0, 0.05) is 12.1 Å². The van der Waals surface area contributed by atoms with Gasteiger partial charge in [-0.2, -0.15) is 0 Å². The highest BCUT2D eigenvalue weighted by atomic mass is 32.1. The normalized spacial score (nSPS) is 10.4. The maximum Gasteiger partial charge on any atom is 0.265 e. The molecule has 7 heteroatoms. The van der Waals surface area contributed by atoms with Gasteiger partial charge in [0.2, 0.25) is 0 Å². The van der Waals surface area contributed by atoms with Crippen LogP contribution in [-0.2, 0) is 6.42 Å². The van der Waals surface area contributed by atoms with Crippen molar-refractivity contribution in [1.29, 1.82) is 0 Å². The van der Waals surface area contributed by atoms with Gasteiger partial charge in [-0.25, -0.2) is 0 Å². The number of ether oxygens (including phenoxy) is 2. The van der Waals surface area contributed by atoms with E-state index in [9.17, 15) is 4.79 Å². The van der Waals surface area contributed by atoms with E-state index in [-0.39, 0.29) is 5.91 Å². The van der Waals surface area contributed by atoms with Gasteiger partial charge >= 0.3 is 0 Å². The highest BCUT2D eigenvalue weighted by Crippen LogP contribution is 2.25. The summed E-state index contributed by atoms with van der Waals surface area (Å²) in [5.41, 5.74) is 2.54. The van der Waals surface area contributed by atoms with Gasteiger partial charge in [-0.1, -0.05) is 16.6 Å². The third-order valence-electron chi connectivity index (χ3n) is 3.92. The van der Waals surface area contributed by atoms with Crippen molar-refractivity contribution in [2.24, 2.45) is 0 Å². The van der Waals surface area contributed by atoms with Crippen LogP contribution in [0.2, 0.25) is 0 Å². The summed E-state index contributed by atoms with van der Waals surface area (Å²) < 4.78 is 14.2. The summed E-state index contributed by atoms with van der Waals surface area (Å²) in [6, 6.07) is 15.2. The van der Waals surface area contributed by atoms with Crippen molar-refractivity contribution < 1.29 is 14.3 Å². The minimum Gasteiger partial charge on any atom is -0.497 e. The molecule has 26 heavy (non-hydrogen) atoms. The van der Waals surface area contributed by atoms with Crippen LogP contribution in [0.25, 0.3) is 11.3 Å². The molecule has 0 aliphatic rings. The van der Waals surface area contributed by atoms with Crippen molar-refractivity contribution in [3.8, 4) is 22.8 Å². The fourth-order valence-corrected chi connectivity index (χ4v) is 3.07. The van der Waals surface area contributed by atoms with Crippen LogP contribution in [0.5, 0.6) is 11.5 Å². The molecule has 0 atom stereocenters. The summed E-state index contributed by atoms with van der Waals surface area (Å²) in [5, 5.41) is 7.03. The Kier molecular flexibility index (Phi) is 5.80. The van der Waals surface area contributed by atoms with Crippen LogP contribution in [0.1, 0.15) is 15.2 Å². The molecule has 0 aliphatic carbocycles. The Morgan fingerprint density at radius 2 is 1.62 bits per heavy atom. The molecule has 1 N–H and O–H groups in total. The van der Waals surface area contributed by atoms with E-state index >= 15 is 0 Å². The van der Waals surface area contributed by atoms with Crippen molar-refractivity contribution in [2.45, 2.75) is 6.42 Å². The second-order valence-corrected chi connectivity index (χ2v) is 6.29. The summed E-state index contributed by atoms with van der Waals surface area (Å²) in [7, 11) is 3.25. The SMILES string of the molecule is COc1ccc(CCNC(=O)c2snnc2-c2ccc(OC)cc2)cc1.